The topological polar surface area (TPSA) is 37.4 Å². The number of aromatic nitrogens is 1. The Hall–Kier alpha value is -1.27. The smallest absolute Gasteiger partial charge is 0.0691 e. The molecule has 5 heteroatoms. The first-order valence-corrected chi connectivity index (χ1v) is 12.6. The third-order valence-corrected chi connectivity index (χ3v) is 8.90. The van der Waals surface area contributed by atoms with Gasteiger partial charge in [0, 0.05) is 41.9 Å². The molecule has 0 aromatic carbocycles. The zero-order valence-electron chi connectivity index (χ0n) is 18.2. The molecule has 0 radical (unpaired) electrons. The molecule has 2 fully saturated rings. The van der Waals surface area contributed by atoms with Gasteiger partial charge in [-0.05, 0) is 81.3 Å². The van der Waals surface area contributed by atoms with Crippen LogP contribution in [0.1, 0.15) is 67.1 Å². The molecule has 1 aliphatic carbocycles. The van der Waals surface area contributed by atoms with Gasteiger partial charge in [0.05, 0.1) is 11.6 Å². The van der Waals surface area contributed by atoms with Gasteiger partial charge in [0.15, 0.2) is 0 Å². The SMILES string of the molecule is CN1CCc2ccsc2C1CNCC[C@@]1(c2ccccn2)CCOC2(CCCC2)C1. The number of fused-ring (bicyclic) bond motifs is 1. The fourth-order valence-corrected chi connectivity index (χ4v) is 7.23. The summed E-state index contributed by atoms with van der Waals surface area (Å²) in [6.07, 6.45) is 11.6. The Labute approximate surface area is 185 Å². The average molecular weight is 426 g/mol. The van der Waals surface area contributed by atoms with Crippen molar-refractivity contribution in [3.05, 3.63) is 52.0 Å². The first-order valence-electron chi connectivity index (χ1n) is 11.7. The number of nitrogens with one attached hydrogen (secondary N) is 1. The number of pyridine rings is 1. The van der Waals surface area contributed by atoms with Crippen LogP contribution in [0.2, 0.25) is 0 Å². The molecule has 2 aromatic heterocycles. The molecule has 0 amide bonds. The van der Waals surface area contributed by atoms with E-state index in [9.17, 15) is 0 Å². The molecule has 4 nitrogen and oxygen atoms in total. The van der Waals surface area contributed by atoms with Crippen molar-refractivity contribution in [2.45, 2.75) is 68.4 Å². The number of rotatable bonds is 6. The molecule has 3 aliphatic rings. The largest absolute Gasteiger partial charge is 0.375 e. The molecular formula is C25H35N3OS. The molecule has 2 aliphatic heterocycles. The third kappa shape index (κ3) is 3.97. The Morgan fingerprint density at radius 1 is 1.23 bits per heavy atom. The highest BCUT2D eigenvalue weighted by Crippen LogP contribution is 2.49. The van der Waals surface area contributed by atoms with Crippen molar-refractivity contribution < 1.29 is 4.74 Å². The second-order valence-electron chi connectivity index (χ2n) is 9.67. The maximum Gasteiger partial charge on any atom is 0.0691 e. The van der Waals surface area contributed by atoms with Gasteiger partial charge < -0.3 is 10.1 Å². The standard InChI is InChI=1S/C25H35N3OS/c1-28-15-7-20-8-17-30-23(20)21(28)18-26-14-11-24(22-6-2-5-13-27-22)12-16-29-25(19-24)9-3-4-10-25/h2,5-6,8,13,17,21,26H,3-4,7,9-12,14-16,18-19H2,1H3/t21?,24-/m1/s1. The first kappa shape index (κ1) is 20.6. The second kappa shape index (κ2) is 8.70. The van der Waals surface area contributed by atoms with E-state index in [1.54, 1.807) is 10.4 Å². The summed E-state index contributed by atoms with van der Waals surface area (Å²) in [5, 5.41) is 6.09. The summed E-state index contributed by atoms with van der Waals surface area (Å²) < 4.78 is 6.40. The molecule has 2 aromatic rings. The van der Waals surface area contributed by atoms with Crippen LogP contribution in [-0.2, 0) is 16.6 Å². The van der Waals surface area contributed by atoms with Crippen LogP contribution in [0.4, 0.5) is 0 Å². The molecule has 0 bridgehead atoms. The number of likely N-dealkylation sites (N-methyl/N-ethyl adjacent to an activating group) is 1. The number of ether oxygens (including phenoxy) is 1. The quantitative estimate of drug-likeness (QED) is 0.680. The Bertz CT molecular complexity index is 832. The molecule has 1 saturated heterocycles. The lowest BCUT2D eigenvalue weighted by Gasteiger charge is -2.46. The number of nitrogens with zero attached hydrogens (tertiary/aromatic N) is 2. The van der Waals surface area contributed by atoms with Crippen molar-refractivity contribution in [1.29, 1.82) is 0 Å². The average Bonchev–Trinajstić information content (AvgIpc) is 3.43. The summed E-state index contributed by atoms with van der Waals surface area (Å²) in [4.78, 5) is 8.92. The van der Waals surface area contributed by atoms with E-state index in [0.717, 1.165) is 45.5 Å². The molecule has 30 heavy (non-hydrogen) atoms. The van der Waals surface area contributed by atoms with E-state index in [0.29, 0.717) is 6.04 Å². The van der Waals surface area contributed by atoms with E-state index in [1.807, 2.05) is 23.6 Å². The predicted octanol–water partition coefficient (Wildman–Crippen LogP) is 4.71. The summed E-state index contributed by atoms with van der Waals surface area (Å²) in [6.45, 7) is 4.11. The normalized spacial score (nSPS) is 28.6. The summed E-state index contributed by atoms with van der Waals surface area (Å²) >= 11 is 1.92. The number of hydrogen-bond acceptors (Lipinski definition) is 5. The maximum absolute atomic E-state index is 6.40. The highest BCUT2D eigenvalue weighted by molar-refractivity contribution is 7.10. The van der Waals surface area contributed by atoms with Crippen molar-refractivity contribution in [3.8, 4) is 0 Å². The van der Waals surface area contributed by atoms with E-state index in [2.05, 4.69) is 40.8 Å². The number of thiophene rings is 1. The lowest BCUT2D eigenvalue weighted by atomic mass is 9.68. The molecule has 1 N–H and O–H groups in total. The molecule has 1 spiro atoms. The van der Waals surface area contributed by atoms with Crippen LogP contribution in [0.5, 0.6) is 0 Å². The molecule has 1 saturated carbocycles. The van der Waals surface area contributed by atoms with Crippen LogP contribution in [-0.4, -0.2) is 48.8 Å². The lowest BCUT2D eigenvalue weighted by Crippen LogP contribution is -2.48. The molecule has 5 rings (SSSR count). The van der Waals surface area contributed by atoms with Crippen molar-refractivity contribution in [1.82, 2.24) is 15.2 Å². The molecule has 162 valence electrons. The van der Waals surface area contributed by atoms with E-state index < -0.39 is 0 Å². The van der Waals surface area contributed by atoms with Gasteiger partial charge in [0.1, 0.15) is 0 Å². The summed E-state index contributed by atoms with van der Waals surface area (Å²) in [6, 6.07) is 9.27. The van der Waals surface area contributed by atoms with Crippen LogP contribution in [0, 0.1) is 0 Å². The van der Waals surface area contributed by atoms with Gasteiger partial charge in [0.25, 0.3) is 0 Å². The van der Waals surface area contributed by atoms with E-state index >= 15 is 0 Å². The Balaban J connectivity index is 1.27. The second-order valence-corrected chi connectivity index (χ2v) is 10.6. The van der Waals surface area contributed by atoms with Crippen LogP contribution in [0.15, 0.2) is 35.8 Å². The Morgan fingerprint density at radius 3 is 2.97 bits per heavy atom. The fourth-order valence-electron chi connectivity index (χ4n) is 6.11. The van der Waals surface area contributed by atoms with Crippen molar-refractivity contribution in [2.75, 3.05) is 33.3 Å². The zero-order valence-corrected chi connectivity index (χ0v) is 19.1. The lowest BCUT2D eigenvalue weighted by molar-refractivity contribution is -0.104. The van der Waals surface area contributed by atoms with Crippen molar-refractivity contribution in [2.24, 2.45) is 0 Å². The Morgan fingerprint density at radius 2 is 2.13 bits per heavy atom. The molecule has 1 unspecified atom stereocenters. The van der Waals surface area contributed by atoms with Gasteiger partial charge in [-0.1, -0.05) is 18.9 Å². The zero-order chi connectivity index (χ0) is 20.4. The molecule has 4 heterocycles. The predicted molar refractivity (Wildman–Crippen MR) is 123 cm³/mol. The van der Waals surface area contributed by atoms with Crippen molar-refractivity contribution in [3.63, 3.8) is 0 Å². The van der Waals surface area contributed by atoms with Crippen LogP contribution < -0.4 is 5.32 Å². The van der Waals surface area contributed by atoms with Crippen molar-refractivity contribution >= 4 is 11.3 Å². The molecular weight excluding hydrogens is 390 g/mol. The Kier molecular flexibility index (Phi) is 5.98. The van der Waals surface area contributed by atoms with E-state index in [-0.39, 0.29) is 11.0 Å². The summed E-state index contributed by atoms with van der Waals surface area (Å²) in [5.74, 6) is 0. The van der Waals surface area contributed by atoms with Crippen LogP contribution >= 0.6 is 11.3 Å². The van der Waals surface area contributed by atoms with E-state index in [4.69, 9.17) is 9.72 Å². The minimum atomic E-state index is 0.102. The molecule has 2 atom stereocenters. The maximum atomic E-state index is 6.40. The van der Waals surface area contributed by atoms with Gasteiger partial charge in [-0.25, -0.2) is 0 Å². The summed E-state index contributed by atoms with van der Waals surface area (Å²) in [7, 11) is 2.27. The first-order chi connectivity index (χ1) is 14.7. The van der Waals surface area contributed by atoms with Gasteiger partial charge in [0.2, 0.25) is 0 Å². The van der Waals surface area contributed by atoms with Gasteiger partial charge in [-0.15, -0.1) is 11.3 Å². The van der Waals surface area contributed by atoms with Crippen LogP contribution in [0.25, 0.3) is 0 Å². The number of hydrogen-bond donors (Lipinski definition) is 1. The fraction of sp³-hybridized carbons (Fsp3) is 0.640. The highest BCUT2D eigenvalue weighted by atomic mass is 32.1. The third-order valence-electron chi connectivity index (χ3n) is 7.84. The monoisotopic (exact) mass is 425 g/mol. The van der Waals surface area contributed by atoms with Gasteiger partial charge in [-0.3, -0.25) is 9.88 Å². The van der Waals surface area contributed by atoms with E-state index in [1.165, 1.54) is 37.8 Å². The van der Waals surface area contributed by atoms with Crippen LogP contribution in [0.3, 0.4) is 0 Å². The van der Waals surface area contributed by atoms with Gasteiger partial charge in [-0.2, -0.15) is 0 Å². The minimum Gasteiger partial charge on any atom is -0.375 e. The highest BCUT2D eigenvalue weighted by Gasteiger charge is 2.48. The summed E-state index contributed by atoms with van der Waals surface area (Å²) in [5.41, 5.74) is 3.08. The van der Waals surface area contributed by atoms with Gasteiger partial charge >= 0.3 is 0 Å². The minimum absolute atomic E-state index is 0.102.